The highest BCUT2D eigenvalue weighted by molar-refractivity contribution is 7.90. The van der Waals surface area contributed by atoms with Crippen LogP contribution in [0.1, 0.15) is 24.8 Å². The van der Waals surface area contributed by atoms with Gasteiger partial charge in [0.1, 0.15) is 5.75 Å². The van der Waals surface area contributed by atoms with Gasteiger partial charge in [-0.15, -0.1) is 0 Å². The van der Waals surface area contributed by atoms with Crippen molar-refractivity contribution < 1.29 is 23.1 Å². The fourth-order valence-electron chi connectivity index (χ4n) is 2.48. The molecule has 7 heteroatoms. The van der Waals surface area contributed by atoms with E-state index < -0.39 is 21.2 Å². The summed E-state index contributed by atoms with van der Waals surface area (Å²) in [6.45, 7) is 0. The van der Waals surface area contributed by atoms with Gasteiger partial charge in [-0.05, 0) is 36.5 Å². The third kappa shape index (κ3) is 4.35. The lowest BCUT2D eigenvalue weighted by Gasteiger charge is -2.14. The summed E-state index contributed by atoms with van der Waals surface area (Å²) in [5.41, 5.74) is -0.0904. The quantitative estimate of drug-likeness (QED) is 0.829. The van der Waals surface area contributed by atoms with E-state index in [4.69, 9.17) is 21.4 Å². The molecule has 116 valence electrons. The number of benzene rings is 1. The van der Waals surface area contributed by atoms with Gasteiger partial charge in [0.15, 0.2) is 9.84 Å². The summed E-state index contributed by atoms with van der Waals surface area (Å²) in [7, 11) is -1.96. The van der Waals surface area contributed by atoms with Crippen LogP contribution in [0.2, 0.25) is 5.02 Å². The Morgan fingerprint density at radius 1 is 1.43 bits per heavy atom. The van der Waals surface area contributed by atoms with Crippen molar-refractivity contribution in [3.05, 3.63) is 28.8 Å². The molecule has 1 aromatic carbocycles. The minimum atomic E-state index is -3.43. The van der Waals surface area contributed by atoms with Crippen LogP contribution in [0.4, 0.5) is 0 Å². The molecule has 21 heavy (non-hydrogen) atoms. The lowest BCUT2D eigenvalue weighted by atomic mass is 10.1. The third-order valence-corrected chi connectivity index (χ3v) is 5.67. The van der Waals surface area contributed by atoms with Crippen LogP contribution in [0.25, 0.3) is 0 Å². The summed E-state index contributed by atoms with van der Waals surface area (Å²) in [5, 5.41) is 9.30. The van der Waals surface area contributed by atoms with Crippen LogP contribution in [0, 0.1) is 5.41 Å². The Hall–Kier alpha value is -1.27. The molecule has 1 aliphatic carbocycles. The molecule has 1 N–H and O–H groups in total. The number of carboxylic acid groups (broad SMARTS) is 1. The van der Waals surface area contributed by atoms with E-state index in [1.165, 1.54) is 7.11 Å². The zero-order valence-corrected chi connectivity index (χ0v) is 13.2. The van der Waals surface area contributed by atoms with E-state index in [9.17, 15) is 13.2 Å². The van der Waals surface area contributed by atoms with E-state index in [0.29, 0.717) is 29.2 Å². The van der Waals surface area contributed by atoms with Gasteiger partial charge >= 0.3 is 5.97 Å². The minimum absolute atomic E-state index is 0.0983. The van der Waals surface area contributed by atoms with E-state index in [2.05, 4.69) is 0 Å². The highest BCUT2D eigenvalue weighted by atomic mass is 35.5. The van der Waals surface area contributed by atoms with Crippen molar-refractivity contribution in [3.63, 3.8) is 0 Å². The zero-order valence-electron chi connectivity index (χ0n) is 11.6. The third-order valence-electron chi connectivity index (χ3n) is 3.63. The summed E-state index contributed by atoms with van der Waals surface area (Å²) < 4.78 is 29.8. The number of hydrogen-bond acceptors (Lipinski definition) is 4. The summed E-state index contributed by atoms with van der Waals surface area (Å²) in [6.07, 6.45) is 1.19. The van der Waals surface area contributed by atoms with Crippen molar-refractivity contribution in [2.24, 2.45) is 5.41 Å². The number of hydrogen-bond donors (Lipinski definition) is 1. The highest BCUT2D eigenvalue weighted by Crippen LogP contribution is 2.50. The second-order valence-electron chi connectivity index (χ2n) is 5.56. The smallest absolute Gasteiger partial charge is 0.303 e. The maximum absolute atomic E-state index is 12.3. The van der Waals surface area contributed by atoms with Crippen LogP contribution in [-0.4, -0.2) is 32.4 Å². The molecule has 5 nitrogen and oxygen atoms in total. The Bertz CT molecular complexity index is 649. The maximum Gasteiger partial charge on any atom is 0.303 e. The van der Waals surface area contributed by atoms with Crippen molar-refractivity contribution in [1.29, 1.82) is 0 Å². The van der Waals surface area contributed by atoms with E-state index >= 15 is 0 Å². The van der Waals surface area contributed by atoms with Crippen LogP contribution in [0.3, 0.4) is 0 Å². The monoisotopic (exact) mass is 332 g/mol. The second-order valence-corrected chi connectivity index (χ2v) is 8.06. The number of carboxylic acids is 1. The first-order valence-corrected chi connectivity index (χ1v) is 8.70. The molecule has 0 unspecified atom stereocenters. The lowest BCUT2D eigenvalue weighted by Crippen LogP contribution is -2.21. The zero-order chi connectivity index (χ0) is 15.7. The van der Waals surface area contributed by atoms with Gasteiger partial charge in [-0.25, -0.2) is 8.42 Å². The van der Waals surface area contributed by atoms with Gasteiger partial charge in [-0.1, -0.05) is 11.6 Å². The minimum Gasteiger partial charge on any atom is -0.496 e. The van der Waals surface area contributed by atoms with Gasteiger partial charge < -0.3 is 9.84 Å². The number of rotatable bonds is 7. The Balaban J connectivity index is 2.15. The van der Waals surface area contributed by atoms with E-state index in [0.717, 1.165) is 0 Å². The molecule has 1 saturated carbocycles. The van der Waals surface area contributed by atoms with Gasteiger partial charge in [0.25, 0.3) is 0 Å². The lowest BCUT2D eigenvalue weighted by molar-refractivity contribution is -0.138. The molecular weight excluding hydrogens is 316 g/mol. The molecule has 1 aliphatic rings. The SMILES string of the molecule is COc1ccc(Cl)cc1CS(=O)(=O)CC1(CC(=O)O)CC1. The predicted molar refractivity (Wildman–Crippen MR) is 79.4 cm³/mol. The average Bonchev–Trinajstić information content (AvgIpc) is 3.05. The van der Waals surface area contributed by atoms with Gasteiger partial charge in [-0.2, -0.15) is 0 Å². The number of aliphatic carboxylic acids is 1. The Labute approximate surface area is 128 Å². The van der Waals surface area contributed by atoms with Gasteiger partial charge in [0, 0.05) is 10.6 Å². The molecule has 0 bridgehead atoms. The van der Waals surface area contributed by atoms with Crippen LogP contribution in [0.15, 0.2) is 18.2 Å². The van der Waals surface area contributed by atoms with E-state index in [1.807, 2.05) is 0 Å². The summed E-state index contributed by atoms with van der Waals surface area (Å²) >= 11 is 5.89. The Kier molecular flexibility index (Phi) is 4.49. The number of carbonyl (C=O) groups is 1. The van der Waals surface area contributed by atoms with Gasteiger partial charge in [-0.3, -0.25) is 4.79 Å². The molecular formula is C14H17ClO5S. The topological polar surface area (TPSA) is 80.7 Å². The Morgan fingerprint density at radius 2 is 2.10 bits per heavy atom. The first-order valence-electron chi connectivity index (χ1n) is 6.50. The number of methoxy groups -OCH3 is 1. The van der Waals surface area contributed by atoms with E-state index in [1.54, 1.807) is 18.2 Å². The predicted octanol–water partition coefficient (Wildman–Crippen LogP) is 2.52. The molecule has 0 saturated heterocycles. The largest absolute Gasteiger partial charge is 0.496 e. The molecule has 0 aliphatic heterocycles. The van der Waals surface area contributed by atoms with Crippen molar-refractivity contribution in [1.82, 2.24) is 0 Å². The summed E-state index contributed by atoms with van der Waals surface area (Å²) in [5.74, 6) is -0.797. The van der Waals surface area contributed by atoms with Crippen molar-refractivity contribution in [2.45, 2.75) is 25.0 Å². The fraction of sp³-hybridized carbons (Fsp3) is 0.500. The maximum atomic E-state index is 12.3. The van der Waals surface area contributed by atoms with Crippen LogP contribution in [0.5, 0.6) is 5.75 Å². The summed E-state index contributed by atoms with van der Waals surface area (Å²) in [4.78, 5) is 10.8. The van der Waals surface area contributed by atoms with Gasteiger partial charge in [0.05, 0.1) is 25.0 Å². The molecule has 0 aromatic heterocycles. The average molecular weight is 333 g/mol. The van der Waals surface area contributed by atoms with Crippen molar-refractivity contribution in [2.75, 3.05) is 12.9 Å². The first-order chi connectivity index (χ1) is 9.75. The number of sulfone groups is 1. The van der Waals surface area contributed by atoms with Crippen molar-refractivity contribution >= 4 is 27.4 Å². The molecule has 0 atom stereocenters. The Morgan fingerprint density at radius 3 is 2.62 bits per heavy atom. The second kappa shape index (κ2) is 5.85. The standard InChI is InChI=1S/C14H17ClO5S/c1-20-12-3-2-11(15)6-10(12)8-21(18,19)9-14(4-5-14)7-13(16)17/h2-3,6H,4-5,7-9H2,1H3,(H,16,17). The first kappa shape index (κ1) is 16.1. The van der Waals surface area contributed by atoms with Crippen LogP contribution in [-0.2, 0) is 20.4 Å². The normalized spacial score (nSPS) is 16.5. The molecule has 1 fully saturated rings. The molecule has 0 heterocycles. The van der Waals surface area contributed by atoms with Crippen LogP contribution < -0.4 is 4.74 Å². The highest BCUT2D eigenvalue weighted by Gasteiger charge is 2.47. The molecule has 0 amide bonds. The fourth-order valence-corrected chi connectivity index (χ4v) is 4.80. The molecule has 0 radical (unpaired) electrons. The molecule has 0 spiro atoms. The number of ether oxygens (including phenoxy) is 1. The van der Waals surface area contributed by atoms with Gasteiger partial charge in [0.2, 0.25) is 0 Å². The van der Waals surface area contributed by atoms with Crippen LogP contribution >= 0.6 is 11.6 Å². The van der Waals surface area contributed by atoms with E-state index in [-0.39, 0.29) is 17.9 Å². The molecule has 1 aromatic rings. The number of halogens is 1. The molecule has 2 rings (SSSR count). The summed E-state index contributed by atoms with van der Waals surface area (Å²) in [6, 6.07) is 4.81. The van der Waals surface area contributed by atoms with Crippen molar-refractivity contribution in [3.8, 4) is 5.75 Å².